The zero-order valence-electron chi connectivity index (χ0n) is 26.1. The molecule has 214 valence electrons. The molecule has 0 bridgehead atoms. The van der Waals surface area contributed by atoms with Gasteiger partial charge in [-0.2, -0.15) is 0 Å². The first-order valence-electron chi connectivity index (χ1n) is 13.4. The van der Waals surface area contributed by atoms with Gasteiger partial charge in [-0.1, -0.05) is 34.6 Å². The summed E-state index contributed by atoms with van der Waals surface area (Å²) < 4.78 is 16.8. The van der Waals surface area contributed by atoms with Gasteiger partial charge in [-0.25, -0.2) is 0 Å². The zero-order valence-corrected chi connectivity index (χ0v) is 26.1. The minimum atomic E-state index is -0.596. The Morgan fingerprint density at radius 1 is 0.743 bits per heavy atom. The summed E-state index contributed by atoms with van der Waals surface area (Å²) in [5, 5.41) is 9.23. The summed E-state index contributed by atoms with van der Waals surface area (Å²) in [7, 11) is 0. The van der Waals surface area contributed by atoms with Crippen molar-refractivity contribution in [3.63, 3.8) is 0 Å². The van der Waals surface area contributed by atoms with Crippen molar-refractivity contribution >= 4 is 0 Å². The van der Waals surface area contributed by atoms with Gasteiger partial charge in [-0.15, -0.1) is 0 Å². The van der Waals surface area contributed by atoms with Crippen molar-refractivity contribution in [1.29, 1.82) is 0 Å². The summed E-state index contributed by atoms with van der Waals surface area (Å²) in [6.45, 7) is 31.0. The third-order valence-electron chi connectivity index (χ3n) is 5.00. The number of ether oxygens (including phenoxy) is 3. The molecule has 0 heterocycles. The summed E-state index contributed by atoms with van der Waals surface area (Å²) in [6.07, 6.45) is 4.30. The van der Waals surface area contributed by atoms with E-state index in [-0.39, 0.29) is 34.4 Å². The quantitative estimate of drug-likeness (QED) is 0.371. The number of aliphatic hydroxyl groups excluding tert-OH is 1. The van der Waals surface area contributed by atoms with Gasteiger partial charge in [0, 0.05) is 5.54 Å². The van der Waals surface area contributed by atoms with Crippen LogP contribution in [0.3, 0.4) is 0 Å². The average Bonchev–Trinajstić information content (AvgIpc) is 2.60. The molecule has 1 unspecified atom stereocenters. The third-order valence-corrected chi connectivity index (χ3v) is 5.00. The third kappa shape index (κ3) is 25.2. The maximum Gasteiger partial charge on any atom is 0.0675 e. The van der Waals surface area contributed by atoms with Crippen molar-refractivity contribution in [2.75, 3.05) is 26.4 Å². The topological polar surface area (TPSA) is 100.0 Å². The predicted octanol–water partition coefficient (Wildman–Crippen LogP) is 6.07. The van der Waals surface area contributed by atoms with Crippen LogP contribution in [0, 0.1) is 11.3 Å². The van der Waals surface area contributed by atoms with Crippen LogP contribution in [-0.4, -0.2) is 59.4 Å². The fourth-order valence-corrected chi connectivity index (χ4v) is 2.91. The highest BCUT2D eigenvalue weighted by atomic mass is 16.5. The van der Waals surface area contributed by atoms with Crippen LogP contribution in [0.1, 0.15) is 123 Å². The van der Waals surface area contributed by atoms with E-state index < -0.39 is 5.54 Å². The Kier molecular flexibility index (Phi) is 15.4. The monoisotopic (exact) mass is 504 g/mol. The largest absolute Gasteiger partial charge is 0.394 e. The first-order chi connectivity index (χ1) is 15.3. The van der Waals surface area contributed by atoms with Crippen LogP contribution in [0.5, 0.6) is 0 Å². The van der Waals surface area contributed by atoms with Crippen LogP contribution < -0.4 is 11.5 Å². The van der Waals surface area contributed by atoms with E-state index in [2.05, 4.69) is 76.2 Å². The Morgan fingerprint density at radius 3 is 1.37 bits per heavy atom. The summed E-state index contributed by atoms with van der Waals surface area (Å²) in [5.74, 6) is 0.468. The van der Waals surface area contributed by atoms with E-state index in [9.17, 15) is 5.11 Å². The SMILES string of the molecule is CC(C)(C)COC(C)(C)C.CC(C)(C)OCC1(N)CCC1.CC(C)CC(N)(CO)COC(C)(C)C. The average molecular weight is 505 g/mol. The number of aliphatic hydroxyl groups is 1. The van der Waals surface area contributed by atoms with Crippen LogP contribution >= 0.6 is 0 Å². The molecule has 0 aromatic carbocycles. The molecule has 1 saturated carbocycles. The second kappa shape index (κ2) is 14.6. The van der Waals surface area contributed by atoms with Gasteiger partial charge in [0.05, 0.1) is 48.8 Å². The molecule has 0 spiro atoms. The number of hydrogen-bond acceptors (Lipinski definition) is 6. The number of hydrogen-bond donors (Lipinski definition) is 3. The molecule has 5 N–H and O–H groups in total. The van der Waals surface area contributed by atoms with Gasteiger partial charge in [0.2, 0.25) is 0 Å². The molecule has 1 aliphatic carbocycles. The van der Waals surface area contributed by atoms with Gasteiger partial charge in [-0.3, -0.25) is 0 Å². The lowest BCUT2D eigenvalue weighted by Crippen LogP contribution is -2.51. The number of rotatable bonds is 8. The van der Waals surface area contributed by atoms with Gasteiger partial charge in [-0.05, 0) is 99.3 Å². The lowest BCUT2D eigenvalue weighted by molar-refractivity contribution is -0.0453. The predicted molar refractivity (Wildman–Crippen MR) is 151 cm³/mol. The van der Waals surface area contributed by atoms with E-state index in [1.165, 1.54) is 6.42 Å². The molecule has 0 aromatic rings. The van der Waals surface area contributed by atoms with Gasteiger partial charge < -0.3 is 30.8 Å². The van der Waals surface area contributed by atoms with Crippen molar-refractivity contribution in [2.24, 2.45) is 22.8 Å². The van der Waals surface area contributed by atoms with Crippen LogP contribution in [-0.2, 0) is 14.2 Å². The molecule has 1 aliphatic rings. The van der Waals surface area contributed by atoms with Crippen molar-refractivity contribution in [3.05, 3.63) is 0 Å². The minimum Gasteiger partial charge on any atom is -0.394 e. The van der Waals surface area contributed by atoms with E-state index in [0.29, 0.717) is 12.5 Å². The second-order valence-corrected chi connectivity index (χ2v) is 15.1. The van der Waals surface area contributed by atoms with Gasteiger partial charge in [0.25, 0.3) is 0 Å². The Morgan fingerprint density at radius 2 is 1.14 bits per heavy atom. The highest BCUT2D eigenvalue weighted by Crippen LogP contribution is 2.30. The molecule has 1 atom stereocenters. The van der Waals surface area contributed by atoms with Crippen molar-refractivity contribution in [1.82, 2.24) is 0 Å². The van der Waals surface area contributed by atoms with E-state index in [1.54, 1.807) is 0 Å². The lowest BCUT2D eigenvalue weighted by Gasteiger charge is -2.39. The molecular weight excluding hydrogens is 440 g/mol. The highest BCUT2D eigenvalue weighted by molar-refractivity contribution is 4.92. The van der Waals surface area contributed by atoms with E-state index >= 15 is 0 Å². The molecule has 0 radical (unpaired) electrons. The van der Waals surface area contributed by atoms with Crippen molar-refractivity contribution in [2.45, 2.75) is 150 Å². The second-order valence-electron chi connectivity index (χ2n) is 15.1. The normalized spacial score (nSPS) is 18.0. The van der Waals surface area contributed by atoms with Crippen molar-refractivity contribution < 1.29 is 19.3 Å². The summed E-state index contributed by atoms with van der Waals surface area (Å²) in [4.78, 5) is 0. The Hall–Kier alpha value is -0.240. The van der Waals surface area contributed by atoms with Crippen LogP contribution in [0.2, 0.25) is 0 Å². The fourth-order valence-electron chi connectivity index (χ4n) is 2.91. The Labute approximate surface area is 219 Å². The van der Waals surface area contributed by atoms with Gasteiger partial charge in [0.15, 0.2) is 0 Å². The Bertz CT molecular complexity index is 533. The summed E-state index contributed by atoms with van der Waals surface area (Å²) in [6, 6.07) is 0. The molecule has 1 fully saturated rings. The van der Waals surface area contributed by atoms with Crippen LogP contribution in [0.25, 0.3) is 0 Å². The molecule has 1 rings (SSSR count). The van der Waals surface area contributed by atoms with E-state index in [0.717, 1.165) is 32.5 Å². The molecule has 0 aliphatic heterocycles. The van der Waals surface area contributed by atoms with E-state index in [1.807, 2.05) is 20.8 Å². The molecule has 35 heavy (non-hydrogen) atoms. The van der Waals surface area contributed by atoms with E-state index in [4.69, 9.17) is 25.7 Å². The molecule has 0 aromatic heterocycles. The number of nitrogens with two attached hydrogens (primary N) is 2. The summed E-state index contributed by atoms with van der Waals surface area (Å²) in [5.41, 5.74) is 11.5. The Balaban J connectivity index is 0. The van der Waals surface area contributed by atoms with Crippen LogP contribution in [0.15, 0.2) is 0 Å². The first-order valence-corrected chi connectivity index (χ1v) is 13.4. The van der Waals surface area contributed by atoms with Crippen molar-refractivity contribution in [3.8, 4) is 0 Å². The van der Waals surface area contributed by atoms with Gasteiger partial charge in [0.1, 0.15) is 0 Å². The standard InChI is InChI=1S/C11H25NO2.C9H19NO.C9H20O/c1-9(2)6-11(12,7-13)8-14-10(3,4)5;1-8(2,3)11-7-9(10)5-4-6-9;1-8(2,3)7-10-9(4,5)6/h9,13H,6-8,12H2,1-5H3;4-7,10H2,1-3H3;7H2,1-6H3. The minimum absolute atomic E-state index is 0.00722. The highest BCUT2D eigenvalue weighted by Gasteiger charge is 2.34. The van der Waals surface area contributed by atoms with Crippen LogP contribution in [0.4, 0.5) is 0 Å². The zero-order chi connectivity index (χ0) is 28.4. The summed E-state index contributed by atoms with van der Waals surface area (Å²) >= 11 is 0. The maximum atomic E-state index is 9.23. The smallest absolute Gasteiger partial charge is 0.0675 e. The molecule has 6 nitrogen and oxygen atoms in total. The maximum absolute atomic E-state index is 9.23. The molecule has 0 amide bonds. The molecule has 0 saturated heterocycles. The first kappa shape index (κ1) is 36.9. The van der Waals surface area contributed by atoms with Gasteiger partial charge >= 0.3 is 0 Å². The fraction of sp³-hybridized carbons (Fsp3) is 1.00. The molecular formula is C29H64N2O4. The lowest BCUT2D eigenvalue weighted by atomic mass is 9.78. The molecule has 6 heteroatoms.